The minimum absolute atomic E-state index is 0.0714. The molecule has 17 heavy (non-hydrogen) atoms. The van der Waals surface area contributed by atoms with Crippen LogP contribution in [0.3, 0.4) is 0 Å². The molecule has 0 saturated carbocycles. The van der Waals surface area contributed by atoms with Crippen LogP contribution in [0.25, 0.3) is 0 Å². The molecule has 1 aliphatic heterocycles. The van der Waals surface area contributed by atoms with Crippen LogP contribution in [0.15, 0.2) is 30.1 Å². The Bertz CT molecular complexity index is 472. The van der Waals surface area contributed by atoms with Crippen molar-refractivity contribution in [3.8, 4) is 5.75 Å². The molecule has 1 aromatic rings. The van der Waals surface area contributed by atoms with E-state index in [1.807, 2.05) is 0 Å². The summed E-state index contributed by atoms with van der Waals surface area (Å²) in [4.78, 5) is 11.3. The van der Waals surface area contributed by atoms with Crippen molar-refractivity contribution in [1.82, 2.24) is 5.32 Å². The van der Waals surface area contributed by atoms with Gasteiger partial charge in [-0.05, 0) is 23.8 Å². The molecule has 0 atom stereocenters. The second-order valence-electron chi connectivity index (χ2n) is 3.76. The highest BCUT2D eigenvalue weighted by Gasteiger charge is 2.18. The van der Waals surface area contributed by atoms with Crippen molar-refractivity contribution in [3.63, 3.8) is 0 Å². The maximum absolute atomic E-state index is 12.3. The highest BCUT2D eigenvalue weighted by Crippen LogP contribution is 2.21. The van der Waals surface area contributed by atoms with Crippen molar-refractivity contribution in [2.75, 3.05) is 13.2 Å². The lowest BCUT2D eigenvalue weighted by atomic mass is 10.1. The van der Waals surface area contributed by atoms with Gasteiger partial charge in [-0.15, -0.1) is 0 Å². The number of rotatable bonds is 4. The van der Waals surface area contributed by atoms with Gasteiger partial charge in [-0.1, -0.05) is 0 Å². The maximum atomic E-state index is 12.3. The zero-order valence-electron chi connectivity index (χ0n) is 9.20. The molecule has 90 valence electrons. The third-order valence-electron chi connectivity index (χ3n) is 2.60. The Morgan fingerprint density at radius 3 is 3.12 bits per heavy atom. The molecule has 0 aliphatic carbocycles. The van der Waals surface area contributed by atoms with Gasteiger partial charge in [0, 0.05) is 24.2 Å². The van der Waals surface area contributed by atoms with Crippen LogP contribution in [0.2, 0.25) is 0 Å². The quantitative estimate of drug-likeness (QED) is 0.823. The smallest absolute Gasteiger partial charge is 0.251 e. The molecule has 2 rings (SSSR count). The summed E-state index contributed by atoms with van der Waals surface area (Å²) in [6, 6.07) is 5.17. The normalized spacial score (nSPS) is 14.5. The van der Waals surface area contributed by atoms with Gasteiger partial charge in [-0.25, -0.2) is 4.39 Å². The van der Waals surface area contributed by atoms with Gasteiger partial charge in [-0.3, -0.25) is 4.79 Å². The first-order valence-corrected chi connectivity index (χ1v) is 5.26. The summed E-state index contributed by atoms with van der Waals surface area (Å²) < 4.78 is 17.6. The molecule has 0 spiro atoms. The van der Waals surface area contributed by atoms with Gasteiger partial charge in [0.15, 0.2) is 0 Å². The number of hydrogen-bond donors (Lipinski definition) is 2. The summed E-state index contributed by atoms with van der Waals surface area (Å²) in [5.74, 6) is 0.533. The number of ether oxygens (including phenoxy) is 1. The van der Waals surface area contributed by atoms with Crippen molar-refractivity contribution in [1.29, 1.82) is 0 Å². The molecule has 0 aromatic heterocycles. The Morgan fingerprint density at radius 2 is 2.41 bits per heavy atom. The van der Waals surface area contributed by atoms with Crippen LogP contribution in [0, 0.1) is 0 Å². The van der Waals surface area contributed by atoms with E-state index in [2.05, 4.69) is 5.32 Å². The number of fused-ring (bicyclic) bond motifs is 1. The Balaban J connectivity index is 2.06. The first-order valence-electron chi connectivity index (χ1n) is 5.26. The summed E-state index contributed by atoms with van der Waals surface area (Å²) in [7, 11) is 0. The summed E-state index contributed by atoms with van der Waals surface area (Å²) in [6.07, 6.45) is 0.457. The fourth-order valence-electron chi connectivity index (χ4n) is 1.61. The molecule has 5 heteroatoms. The van der Waals surface area contributed by atoms with Gasteiger partial charge in [0.1, 0.15) is 12.4 Å². The molecule has 3 N–H and O–H groups in total. The van der Waals surface area contributed by atoms with E-state index in [1.165, 1.54) is 0 Å². The predicted molar refractivity (Wildman–Crippen MR) is 61.4 cm³/mol. The molecule has 4 nitrogen and oxygen atoms in total. The molecule has 1 aliphatic rings. The van der Waals surface area contributed by atoms with E-state index in [0.29, 0.717) is 29.8 Å². The van der Waals surface area contributed by atoms with E-state index in [4.69, 9.17) is 10.5 Å². The van der Waals surface area contributed by atoms with Crippen LogP contribution in [0.1, 0.15) is 15.9 Å². The van der Waals surface area contributed by atoms with Crippen LogP contribution in [-0.4, -0.2) is 19.1 Å². The molecule has 0 saturated heterocycles. The highest BCUT2D eigenvalue weighted by molar-refractivity contribution is 5.98. The van der Waals surface area contributed by atoms with Gasteiger partial charge in [-0.2, -0.15) is 0 Å². The largest absolute Gasteiger partial charge is 0.489 e. The molecular weight excluding hydrogens is 223 g/mol. The van der Waals surface area contributed by atoms with Gasteiger partial charge in [0.25, 0.3) is 5.91 Å². The van der Waals surface area contributed by atoms with Crippen LogP contribution in [0.5, 0.6) is 5.75 Å². The molecule has 0 fully saturated rings. The lowest BCUT2D eigenvalue weighted by molar-refractivity contribution is 0.0966. The molecule has 1 amide bonds. The van der Waals surface area contributed by atoms with Crippen molar-refractivity contribution in [2.45, 2.75) is 6.54 Å². The highest BCUT2D eigenvalue weighted by atomic mass is 19.1. The number of carbonyl (C=O) groups is 1. The summed E-state index contributed by atoms with van der Waals surface area (Å²) >= 11 is 0. The number of halogens is 1. The standard InChI is InChI=1S/C12H13FN2O2/c13-4-8(5-14)7-17-10-1-2-11-9(3-10)6-15-12(11)16/h1-4H,5-7,14H2,(H,15,16)/b8-4-. The third kappa shape index (κ3) is 2.45. The Labute approximate surface area is 98.3 Å². The Morgan fingerprint density at radius 1 is 1.59 bits per heavy atom. The van der Waals surface area contributed by atoms with E-state index in [9.17, 15) is 9.18 Å². The average molecular weight is 236 g/mol. The number of carbonyl (C=O) groups excluding carboxylic acids is 1. The fraction of sp³-hybridized carbons (Fsp3) is 0.250. The first kappa shape index (κ1) is 11.6. The first-order chi connectivity index (χ1) is 8.24. The van der Waals surface area contributed by atoms with Gasteiger partial charge < -0.3 is 15.8 Å². The Hall–Kier alpha value is -1.88. The molecular formula is C12H13FN2O2. The monoisotopic (exact) mass is 236 g/mol. The van der Waals surface area contributed by atoms with Crippen LogP contribution < -0.4 is 15.8 Å². The van der Waals surface area contributed by atoms with E-state index < -0.39 is 0 Å². The number of amides is 1. The maximum Gasteiger partial charge on any atom is 0.251 e. The molecule has 0 bridgehead atoms. The lowest BCUT2D eigenvalue weighted by Crippen LogP contribution is -2.12. The number of benzene rings is 1. The second-order valence-corrected chi connectivity index (χ2v) is 3.76. The zero-order chi connectivity index (χ0) is 12.3. The van der Waals surface area contributed by atoms with E-state index >= 15 is 0 Å². The number of nitrogens with two attached hydrogens (primary N) is 1. The van der Waals surface area contributed by atoms with Crippen molar-refractivity contribution in [2.24, 2.45) is 5.73 Å². The number of hydrogen-bond acceptors (Lipinski definition) is 3. The minimum Gasteiger partial charge on any atom is -0.489 e. The fourth-order valence-corrected chi connectivity index (χ4v) is 1.61. The molecule has 1 aromatic carbocycles. The van der Waals surface area contributed by atoms with Crippen LogP contribution >= 0.6 is 0 Å². The van der Waals surface area contributed by atoms with E-state index in [0.717, 1.165) is 5.56 Å². The van der Waals surface area contributed by atoms with Gasteiger partial charge in [0.2, 0.25) is 0 Å². The van der Waals surface area contributed by atoms with Crippen LogP contribution in [0.4, 0.5) is 4.39 Å². The van der Waals surface area contributed by atoms with Crippen molar-refractivity contribution >= 4 is 5.91 Å². The second kappa shape index (κ2) is 4.97. The van der Waals surface area contributed by atoms with Crippen molar-refractivity contribution in [3.05, 3.63) is 41.2 Å². The predicted octanol–water partition coefficient (Wildman–Crippen LogP) is 1.12. The lowest BCUT2D eigenvalue weighted by Gasteiger charge is -2.08. The van der Waals surface area contributed by atoms with Gasteiger partial charge >= 0.3 is 0 Å². The Kier molecular flexibility index (Phi) is 3.39. The molecule has 0 unspecified atom stereocenters. The van der Waals surface area contributed by atoms with E-state index in [1.54, 1.807) is 18.2 Å². The average Bonchev–Trinajstić information content (AvgIpc) is 2.72. The molecule has 0 radical (unpaired) electrons. The SMILES string of the molecule is NC/C(=C/F)COc1ccc2c(c1)CNC2=O. The number of nitrogens with one attached hydrogen (secondary N) is 1. The van der Waals surface area contributed by atoms with Crippen molar-refractivity contribution < 1.29 is 13.9 Å². The summed E-state index contributed by atoms with van der Waals surface area (Å²) in [6.45, 7) is 0.753. The van der Waals surface area contributed by atoms with E-state index in [-0.39, 0.29) is 19.1 Å². The molecule has 1 heterocycles. The topological polar surface area (TPSA) is 64.3 Å². The van der Waals surface area contributed by atoms with Crippen LogP contribution in [-0.2, 0) is 6.54 Å². The zero-order valence-corrected chi connectivity index (χ0v) is 9.20. The minimum atomic E-state index is -0.0714. The summed E-state index contributed by atoms with van der Waals surface area (Å²) in [5, 5.41) is 2.71. The van der Waals surface area contributed by atoms with Gasteiger partial charge in [0.05, 0.1) is 6.33 Å². The third-order valence-corrected chi connectivity index (χ3v) is 2.60. The summed E-state index contributed by atoms with van der Waals surface area (Å²) in [5.41, 5.74) is 7.26.